The Morgan fingerprint density at radius 1 is 1.12 bits per heavy atom. The van der Waals surface area contributed by atoms with E-state index in [2.05, 4.69) is 25.2 Å². The molecule has 10 nitrogen and oxygen atoms in total. The molecule has 2 N–H and O–H groups in total. The number of carboxylic acid groups (broad SMARTS) is 1. The zero-order valence-electron chi connectivity index (χ0n) is 24.4. The van der Waals surface area contributed by atoms with Crippen LogP contribution in [-0.2, 0) is 21.4 Å². The number of hydrogen-bond acceptors (Lipinski definition) is 8. The lowest BCUT2D eigenvalue weighted by Crippen LogP contribution is -2.42. The van der Waals surface area contributed by atoms with Crippen molar-refractivity contribution in [3.63, 3.8) is 0 Å². The van der Waals surface area contributed by atoms with Crippen molar-refractivity contribution in [2.75, 3.05) is 29.9 Å². The molecule has 1 aliphatic heterocycles. The lowest BCUT2D eigenvalue weighted by Gasteiger charge is -2.33. The lowest BCUT2D eigenvalue weighted by molar-refractivity contribution is -0.146. The normalized spacial score (nSPS) is 15.7. The van der Waals surface area contributed by atoms with Crippen LogP contribution < -0.4 is 19.7 Å². The number of aliphatic carboxylic acids is 1. The van der Waals surface area contributed by atoms with E-state index in [1.54, 1.807) is 26.2 Å². The minimum Gasteiger partial charge on any atom is -0.488 e. The quantitative estimate of drug-likeness (QED) is 0.336. The number of ether oxygens (including phenoxy) is 2. The minimum atomic E-state index is -0.872. The topological polar surface area (TPSA) is 127 Å². The van der Waals surface area contributed by atoms with E-state index in [0.717, 1.165) is 30.5 Å². The molecule has 1 fully saturated rings. The molecule has 1 saturated heterocycles. The van der Waals surface area contributed by atoms with E-state index in [1.807, 2.05) is 57.2 Å². The van der Waals surface area contributed by atoms with Crippen LogP contribution in [0.4, 0.5) is 11.6 Å². The van der Waals surface area contributed by atoms with Crippen LogP contribution in [0.3, 0.4) is 0 Å². The SMILES string of the molecule is CCOc1cccnc1O[C@@H]1CCCN(c2cncc(NC(=O)C(C)(C)c3ccc(CC(C)(C)C(=O)O)cc3)n2)C1. The van der Waals surface area contributed by atoms with Gasteiger partial charge in [0.05, 0.1) is 36.4 Å². The largest absolute Gasteiger partial charge is 0.488 e. The van der Waals surface area contributed by atoms with Crippen molar-refractivity contribution < 1.29 is 24.2 Å². The smallest absolute Gasteiger partial charge is 0.309 e. The van der Waals surface area contributed by atoms with Gasteiger partial charge in [0.2, 0.25) is 5.91 Å². The number of hydrogen-bond donors (Lipinski definition) is 2. The average Bonchev–Trinajstić information content (AvgIpc) is 2.94. The Morgan fingerprint density at radius 3 is 2.59 bits per heavy atom. The zero-order chi connectivity index (χ0) is 29.6. The number of carboxylic acids is 1. The van der Waals surface area contributed by atoms with E-state index in [-0.39, 0.29) is 12.0 Å². The second-order valence-electron chi connectivity index (χ2n) is 11.5. The highest BCUT2D eigenvalue weighted by Gasteiger charge is 2.32. The first-order valence-corrected chi connectivity index (χ1v) is 14.0. The molecule has 2 aromatic heterocycles. The first-order valence-electron chi connectivity index (χ1n) is 14.0. The molecule has 1 aliphatic rings. The van der Waals surface area contributed by atoms with Gasteiger partial charge in [0.15, 0.2) is 11.6 Å². The molecule has 0 saturated carbocycles. The summed E-state index contributed by atoms with van der Waals surface area (Å²) in [6, 6.07) is 11.2. The van der Waals surface area contributed by atoms with Crippen molar-refractivity contribution in [3.8, 4) is 11.6 Å². The fraction of sp³-hybridized carbons (Fsp3) is 0.452. The highest BCUT2D eigenvalue weighted by Crippen LogP contribution is 2.30. The van der Waals surface area contributed by atoms with Gasteiger partial charge in [-0.15, -0.1) is 0 Å². The Balaban J connectivity index is 1.41. The van der Waals surface area contributed by atoms with Crippen molar-refractivity contribution in [2.45, 2.75) is 65.4 Å². The first-order chi connectivity index (χ1) is 19.5. The number of rotatable bonds is 11. The number of benzene rings is 1. The summed E-state index contributed by atoms with van der Waals surface area (Å²) in [4.78, 5) is 40.3. The van der Waals surface area contributed by atoms with E-state index >= 15 is 0 Å². The van der Waals surface area contributed by atoms with Crippen LogP contribution in [0.25, 0.3) is 0 Å². The van der Waals surface area contributed by atoms with Gasteiger partial charge in [0.1, 0.15) is 11.9 Å². The van der Waals surface area contributed by atoms with Crippen LogP contribution in [0.5, 0.6) is 11.6 Å². The number of amides is 1. The summed E-state index contributed by atoms with van der Waals surface area (Å²) in [6.07, 6.45) is 7.00. The van der Waals surface area contributed by atoms with Crippen molar-refractivity contribution in [3.05, 3.63) is 66.1 Å². The van der Waals surface area contributed by atoms with Crippen molar-refractivity contribution in [1.82, 2.24) is 15.0 Å². The van der Waals surface area contributed by atoms with E-state index in [4.69, 9.17) is 9.47 Å². The highest BCUT2D eigenvalue weighted by molar-refractivity contribution is 5.98. The molecule has 218 valence electrons. The third-order valence-electron chi connectivity index (χ3n) is 7.35. The van der Waals surface area contributed by atoms with Crippen molar-refractivity contribution in [2.24, 2.45) is 5.41 Å². The van der Waals surface area contributed by atoms with Gasteiger partial charge in [0, 0.05) is 12.7 Å². The van der Waals surface area contributed by atoms with Crippen LogP contribution in [-0.4, -0.2) is 57.7 Å². The summed E-state index contributed by atoms with van der Waals surface area (Å²) in [7, 11) is 0. The van der Waals surface area contributed by atoms with Crippen molar-refractivity contribution in [1.29, 1.82) is 0 Å². The van der Waals surface area contributed by atoms with Crippen LogP contribution in [0, 0.1) is 5.41 Å². The molecule has 1 aromatic carbocycles. The van der Waals surface area contributed by atoms with E-state index in [0.29, 0.717) is 42.8 Å². The Hall–Kier alpha value is -4.21. The Morgan fingerprint density at radius 2 is 1.88 bits per heavy atom. The van der Waals surface area contributed by atoms with Gasteiger partial charge < -0.3 is 24.8 Å². The van der Waals surface area contributed by atoms with Gasteiger partial charge in [-0.25, -0.2) is 9.97 Å². The number of carbonyl (C=O) groups excluding carboxylic acids is 1. The van der Waals surface area contributed by atoms with Gasteiger partial charge in [-0.1, -0.05) is 24.3 Å². The van der Waals surface area contributed by atoms with Crippen LogP contribution in [0.2, 0.25) is 0 Å². The van der Waals surface area contributed by atoms with Crippen LogP contribution >= 0.6 is 0 Å². The van der Waals surface area contributed by atoms with Gasteiger partial charge >= 0.3 is 5.97 Å². The minimum absolute atomic E-state index is 0.0964. The maximum Gasteiger partial charge on any atom is 0.309 e. The van der Waals surface area contributed by atoms with E-state index < -0.39 is 16.8 Å². The molecule has 1 atom stereocenters. The standard InChI is InChI=1S/C31H39N5O5/c1-6-40-24-10-7-15-33-27(24)41-23-9-8-16-36(20-23)26-19-32-18-25(34-26)35-28(37)31(4,5)22-13-11-21(12-14-22)17-30(2,3)29(38)39/h7,10-15,18-19,23H,6,8-9,16-17,20H2,1-5H3,(H,38,39)(H,34,35,37)/t23-/m1/s1. The molecule has 0 spiro atoms. The van der Waals surface area contributed by atoms with Gasteiger partial charge in [-0.05, 0) is 77.1 Å². The number of nitrogens with one attached hydrogen (secondary N) is 1. The number of aromatic nitrogens is 3. The van der Waals surface area contributed by atoms with Crippen molar-refractivity contribution >= 4 is 23.5 Å². The molecule has 0 radical (unpaired) electrons. The summed E-state index contributed by atoms with van der Waals surface area (Å²) < 4.78 is 11.9. The lowest BCUT2D eigenvalue weighted by atomic mass is 9.81. The monoisotopic (exact) mass is 561 g/mol. The van der Waals surface area contributed by atoms with Gasteiger partial charge in [-0.2, -0.15) is 0 Å². The fourth-order valence-corrected chi connectivity index (χ4v) is 4.73. The Labute approximate surface area is 241 Å². The molecule has 10 heteroatoms. The Kier molecular flexibility index (Phi) is 9.10. The molecule has 3 aromatic rings. The second kappa shape index (κ2) is 12.5. The van der Waals surface area contributed by atoms with Crippen LogP contribution in [0.15, 0.2) is 55.0 Å². The summed E-state index contributed by atoms with van der Waals surface area (Å²) in [5.74, 6) is 1.06. The maximum absolute atomic E-state index is 13.4. The molecule has 1 amide bonds. The maximum atomic E-state index is 13.4. The second-order valence-corrected chi connectivity index (χ2v) is 11.5. The fourth-order valence-electron chi connectivity index (χ4n) is 4.73. The molecule has 0 unspecified atom stereocenters. The number of piperidine rings is 1. The average molecular weight is 562 g/mol. The number of nitrogens with zero attached hydrogens (tertiary/aromatic N) is 4. The molecular formula is C31H39N5O5. The third-order valence-corrected chi connectivity index (χ3v) is 7.35. The Bertz CT molecular complexity index is 1360. The predicted octanol–water partition coefficient (Wildman–Crippen LogP) is 4.89. The molecule has 4 rings (SSSR count). The number of pyridine rings is 1. The number of anilines is 2. The van der Waals surface area contributed by atoms with E-state index in [1.165, 1.54) is 6.20 Å². The summed E-state index contributed by atoms with van der Waals surface area (Å²) in [5, 5.41) is 12.3. The van der Waals surface area contributed by atoms with Gasteiger partial charge in [-0.3, -0.25) is 14.6 Å². The predicted molar refractivity (Wildman–Crippen MR) is 157 cm³/mol. The summed E-state index contributed by atoms with van der Waals surface area (Å²) in [6.45, 7) is 10.9. The molecule has 0 aliphatic carbocycles. The summed E-state index contributed by atoms with van der Waals surface area (Å²) in [5.41, 5.74) is -0.0164. The third kappa shape index (κ3) is 7.31. The highest BCUT2D eigenvalue weighted by atomic mass is 16.5. The van der Waals surface area contributed by atoms with Gasteiger partial charge in [0.25, 0.3) is 5.88 Å². The molecule has 3 heterocycles. The first kappa shape index (κ1) is 29.8. The number of carbonyl (C=O) groups is 2. The zero-order valence-corrected chi connectivity index (χ0v) is 24.4. The molecular weight excluding hydrogens is 522 g/mol. The summed E-state index contributed by atoms with van der Waals surface area (Å²) >= 11 is 0. The molecule has 41 heavy (non-hydrogen) atoms. The van der Waals surface area contributed by atoms with E-state index in [9.17, 15) is 14.7 Å². The van der Waals surface area contributed by atoms with Crippen LogP contribution in [0.1, 0.15) is 58.6 Å². The molecule has 0 bridgehead atoms.